The number of halogens is 2. The van der Waals surface area contributed by atoms with Gasteiger partial charge in [-0.05, 0) is 45.8 Å². The van der Waals surface area contributed by atoms with Gasteiger partial charge >= 0.3 is 0 Å². The Morgan fingerprint density at radius 1 is 1.32 bits per heavy atom. The van der Waals surface area contributed by atoms with Gasteiger partial charge < -0.3 is 14.6 Å². The van der Waals surface area contributed by atoms with Gasteiger partial charge in [-0.15, -0.1) is 0 Å². The van der Waals surface area contributed by atoms with Crippen molar-refractivity contribution in [2.75, 3.05) is 13.6 Å². The lowest BCUT2D eigenvalue weighted by Crippen LogP contribution is -2.37. The van der Waals surface area contributed by atoms with Crippen molar-refractivity contribution in [2.24, 2.45) is 0 Å². The van der Waals surface area contributed by atoms with Crippen LogP contribution in [-0.2, 0) is 11.3 Å². The van der Waals surface area contributed by atoms with Crippen molar-refractivity contribution in [2.45, 2.75) is 6.54 Å². The van der Waals surface area contributed by atoms with Gasteiger partial charge in [-0.1, -0.05) is 23.7 Å². The standard InChI is InChI=1S/C15H14BrClN2O3/c1-19(9-10-3-2-4-11(17)7-10)14(20)8-18-15(21)12-5-6-13(16)22-12/h2-7H,8-9H2,1H3,(H,18,21). The van der Waals surface area contributed by atoms with Gasteiger partial charge in [0.15, 0.2) is 10.4 Å². The topological polar surface area (TPSA) is 62.6 Å². The van der Waals surface area contributed by atoms with Crippen molar-refractivity contribution in [3.63, 3.8) is 0 Å². The SMILES string of the molecule is CN(Cc1cccc(Cl)c1)C(=O)CNC(=O)c1ccc(Br)o1. The lowest BCUT2D eigenvalue weighted by molar-refractivity contribution is -0.129. The molecule has 2 aromatic rings. The van der Waals surface area contributed by atoms with Gasteiger partial charge in [-0.25, -0.2) is 0 Å². The zero-order chi connectivity index (χ0) is 16.1. The average Bonchev–Trinajstić information content (AvgIpc) is 2.91. The molecule has 0 aliphatic rings. The summed E-state index contributed by atoms with van der Waals surface area (Å²) in [7, 11) is 1.67. The van der Waals surface area contributed by atoms with E-state index in [0.29, 0.717) is 16.2 Å². The van der Waals surface area contributed by atoms with E-state index in [-0.39, 0.29) is 18.2 Å². The third kappa shape index (κ3) is 4.61. The number of hydrogen-bond donors (Lipinski definition) is 1. The molecule has 0 radical (unpaired) electrons. The molecule has 0 fully saturated rings. The van der Waals surface area contributed by atoms with E-state index in [2.05, 4.69) is 21.2 Å². The molecule has 1 aromatic heterocycles. The minimum atomic E-state index is -0.435. The minimum absolute atomic E-state index is 0.103. The summed E-state index contributed by atoms with van der Waals surface area (Å²) in [5.41, 5.74) is 0.921. The van der Waals surface area contributed by atoms with E-state index in [0.717, 1.165) is 5.56 Å². The number of furan rings is 1. The van der Waals surface area contributed by atoms with E-state index in [1.54, 1.807) is 25.2 Å². The maximum absolute atomic E-state index is 12.0. The number of amides is 2. The molecule has 0 atom stereocenters. The largest absolute Gasteiger partial charge is 0.444 e. The normalized spacial score (nSPS) is 10.3. The number of hydrogen-bond acceptors (Lipinski definition) is 3. The highest BCUT2D eigenvalue weighted by Gasteiger charge is 2.14. The van der Waals surface area contributed by atoms with Crippen LogP contribution in [0.25, 0.3) is 0 Å². The maximum Gasteiger partial charge on any atom is 0.287 e. The Morgan fingerprint density at radius 2 is 2.09 bits per heavy atom. The number of benzene rings is 1. The molecular weight excluding hydrogens is 372 g/mol. The van der Waals surface area contributed by atoms with Crippen LogP contribution in [0.5, 0.6) is 0 Å². The van der Waals surface area contributed by atoms with Crippen LogP contribution in [0.15, 0.2) is 45.5 Å². The summed E-state index contributed by atoms with van der Waals surface area (Å²) >= 11 is 9.02. The molecule has 0 saturated carbocycles. The van der Waals surface area contributed by atoms with Gasteiger partial charge in [-0.2, -0.15) is 0 Å². The highest BCUT2D eigenvalue weighted by molar-refractivity contribution is 9.10. The molecule has 7 heteroatoms. The number of carbonyl (C=O) groups is 2. The summed E-state index contributed by atoms with van der Waals surface area (Å²) in [6, 6.07) is 10.4. The average molecular weight is 386 g/mol. The van der Waals surface area contributed by atoms with E-state index < -0.39 is 5.91 Å². The second-order valence-electron chi connectivity index (χ2n) is 4.67. The Hall–Kier alpha value is -1.79. The fraction of sp³-hybridized carbons (Fsp3) is 0.200. The third-order valence-electron chi connectivity index (χ3n) is 2.93. The van der Waals surface area contributed by atoms with Crippen molar-refractivity contribution in [3.8, 4) is 0 Å². The zero-order valence-electron chi connectivity index (χ0n) is 11.8. The van der Waals surface area contributed by atoms with Gasteiger partial charge in [0, 0.05) is 18.6 Å². The van der Waals surface area contributed by atoms with E-state index in [1.807, 2.05) is 12.1 Å². The monoisotopic (exact) mass is 384 g/mol. The molecule has 1 heterocycles. The van der Waals surface area contributed by atoms with E-state index in [9.17, 15) is 9.59 Å². The predicted octanol–water partition coefficient (Wildman–Crippen LogP) is 3.08. The molecule has 116 valence electrons. The Balaban J connectivity index is 1.85. The molecule has 1 aromatic carbocycles. The molecule has 0 aliphatic carbocycles. The number of rotatable bonds is 5. The quantitative estimate of drug-likeness (QED) is 0.860. The molecule has 22 heavy (non-hydrogen) atoms. The number of nitrogens with zero attached hydrogens (tertiary/aromatic N) is 1. The summed E-state index contributed by atoms with van der Waals surface area (Å²) in [4.78, 5) is 25.3. The van der Waals surface area contributed by atoms with Crippen LogP contribution in [0.3, 0.4) is 0 Å². The highest BCUT2D eigenvalue weighted by Crippen LogP contribution is 2.14. The first-order chi connectivity index (χ1) is 10.5. The van der Waals surface area contributed by atoms with Crippen LogP contribution in [0, 0.1) is 0 Å². The highest BCUT2D eigenvalue weighted by atomic mass is 79.9. The lowest BCUT2D eigenvalue weighted by atomic mass is 10.2. The van der Waals surface area contributed by atoms with Gasteiger partial charge in [-0.3, -0.25) is 9.59 Å². The fourth-order valence-electron chi connectivity index (χ4n) is 1.81. The lowest BCUT2D eigenvalue weighted by Gasteiger charge is -2.17. The summed E-state index contributed by atoms with van der Waals surface area (Å²) in [5.74, 6) is -0.494. The Morgan fingerprint density at radius 3 is 2.73 bits per heavy atom. The van der Waals surface area contributed by atoms with Crippen molar-refractivity contribution < 1.29 is 14.0 Å². The molecule has 0 spiro atoms. The van der Waals surface area contributed by atoms with Gasteiger partial charge in [0.05, 0.1) is 6.54 Å². The molecule has 1 N–H and O–H groups in total. The third-order valence-corrected chi connectivity index (χ3v) is 3.59. The van der Waals surface area contributed by atoms with Crippen molar-refractivity contribution in [3.05, 3.63) is 57.4 Å². The maximum atomic E-state index is 12.0. The zero-order valence-corrected chi connectivity index (χ0v) is 14.1. The Labute approximate surface area is 141 Å². The van der Waals surface area contributed by atoms with E-state index >= 15 is 0 Å². The first-order valence-electron chi connectivity index (χ1n) is 6.47. The first-order valence-corrected chi connectivity index (χ1v) is 7.65. The molecule has 0 bridgehead atoms. The number of nitrogens with one attached hydrogen (secondary N) is 1. The summed E-state index contributed by atoms with van der Waals surface area (Å²) < 4.78 is 5.57. The molecule has 0 saturated heterocycles. The summed E-state index contributed by atoms with van der Waals surface area (Å²) in [6.45, 7) is 0.315. The van der Waals surface area contributed by atoms with E-state index in [1.165, 1.54) is 11.0 Å². The smallest absolute Gasteiger partial charge is 0.287 e. The molecule has 0 unspecified atom stereocenters. The number of likely N-dealkylation sites (N-methyl/N-ethyl adjacent to an activating group) is 1. The van der Waals surface area contributed by atoms with Crippen molar-refractivity contribution in [1.82, 2.24) is 10.2 Å². The Kier molecular flexibility index (Phi) is 5.63. The number of carbonyl (C=O) groups excluding carboxylic acids is 2. The summed E-state index contributed by atoms with van der Waals surface area (Å²) in [5, 5.41) is 3.14. The van der Waals surface area contributed by atoms with Crippen LogP contribution < -0.4 is 5.32 Å². The van der Waals surface area contributed by atoms with Gasteiger partial charge in [0.2, 0.25) is 5.91 Å². The second kappa shape index (κ2) is 7.47. The molecule has 2 amide bonds. The molecule has 0 aliphatic heterocycles. The van der Waals surface area contributed by atoms with Crippen molar-refractivity contribution >= 4 is 39.3 Å². The first kappa shape index (κ1) is 16.6. The summed E-state index contributed by atoms with van der Waals surface area (Å²) in [6.07, 6.45) is 0. The molecule has 2 rings (SSSR count). The van der Waals surface area contributed by atoms with Gasteiger partial charge in [0.25, 0.3) is 5.91 Å². The minimum Gasteiger partial charge on any atom is -0.444 e. The Bertz CT molecular complexity index is 687. The fourth-order valence-corrected chi connectivity index (χ4v) is 2.33. The van der Waals surface area contributed by atoms with Crippen LogP contribution in [0.2, 0.25) is 5.02 Å². The molecule has 5 nitrogen and oxygen atoms in total. The van der Waals surface area contributed by atoms with Crippen molar-refractivity contribution in [1.29, 1.82) is 0 Å². The predicted molar refractivity (Wildman–Crippen MR) is 86.7 cm³/mol. The van der Waals surface area contributed by atoms with Crippen LogP contribution >= 0.6 is 27.5 Å². The van der Waals surface area contributed by atoms with Crippen LogP contribution in [0.1, 0.15) is 16.1 Å². The van der Waals surface area contributed by atoms with Gasteiger partial charge in [0.1, 0.15) is 0 Å². The second-order valence-corrected chi connectivity index (χ2v) is 5.88. The molecular formula is C15H14BrClN2O3. The van der Waals surface area contributed by atoms with Crippen LogP contribution in [-0.4, -0.2) is 30.3 Å². The van der Waals surface area contributed by atoms with Crippen LogP contribution in [0.4, 0.5) is 0 Å². The van der Waals surface area contributed by atoms with E-state index in [4.69, 9.17) is 16.0 Å².